The number of carbonyl (C=O) groups excluding carboxylic acids is 1. The molecule has 0 N–H and O–H groups in total. The van der Waals surface area contributed by atoms with Gasteiger partial charge in [0.15, 0.2) is 0 Å². The number of rotatable bonds is 9. The van der Waals surface area contributed by atoms with E-state index in [2.05, 4.69) is 13.8 Å². The van der Waals surface area contributed by atoms with Crippen LogP contribution in [0.25, 0.3) is 6.08 Å². The first-order chi connectivity index (χ1) is 12.2. The standard InChI is InChI=1S/C21H30O4/c1-3-14-23-19-11-12-20(24-15-4-2)17(16-19)10-13-21(22)25-18-8-6-5-7-9-18/h10-13,16,18H,3-9,14-15H2,1-2H3. The summed E-state index contributed by atoms with van der Waals surface area (Å²) in [6, 6.07) is 5.70. The van der Waals surface area contributed by atoms with E-state index in [4.69, 9.17) is 14.2 Å². The highest BCUT2D eigenvalue weighted by Gasteiger charge is 2.16. The third kappa shape index (κ3) is 6.81. The molecule has 0 bridgehead atoms. The number of hydrogen-bond donors (Lipinski definition) is 0. The fourth-order valence-corrected chi connectivity index (χ4v) is 2.85. The van der Waals surface area contributed by atoms with E-state index in [1.54, 1.807) is 6.08 Å². The summed E-state index contributed by atoms with van der Waals surface area (Å²) < 4.78 is 17.0. The number of carbonyl (C=O) groups is 1. The van der Waals surface area contributed by atoms with Gasteiger partial charge in [-0.05, 0) is 62.8 Å². The van der Waals surface area contributed by atoms with E-state index >= 15 is 0 Å². The normalized spacial score (nSPS) is 15.3. The molecule has 0 unspecified atom stereocenters. The SMILES string of the molecule is CCCOc1ccc(OCCC)c(C=CC(=O)OC2CCCCC2)c1. The van der Waals surface area contributed by atoms with Gasteiger partial charge in [-0.2, -0.15) is 0 Å². The summed E-state index contributed by atoms with van der Waals surface area (Å²) in [5, 5.41) is 0. The largest absolute Gasteiger partial charge is 0.494 e. The van der Waals surface area contributed by atoms with Gasteiger partial charge in [-0.15, -0.1) is 0 Å². The molecule has 0 heterocycles. The number of esters is 1. The number of benzene rings is 1. The van der Waals surface area contributed by atoms with Crippen LogP contribution in [0.4, 0.5) is 0 Å². The predicted molar refractivity (Wildman–Crippen MR) is 100 cm³/mol. The van der Waals surface area contributed by atoms with Gasteiger partial charge in [0.05, 0.1) is 13.2 Å². The molecule has 25 heavy (non-hydrogen) atoms. The van der Waals surface area contributed by atoms with Gasteiger partial charge in [0, 0.05) is 11.6 Å². The van der Waals surface area contributed by atoms with Crippen LogP contribution >= 0.6 is 0 Å². The monoisotopic (exact) mass is 346 g/mol. The second kappa shape index (κ2) is 10.8. The fourth-order valence-electron chi connectivity index (χ4n) is 2.85. The Morgan fingerprint density at radius 3 is 2.52 bits per heavy atom. The van der Waals surface area contributed by atoms with Crippen molar-refractivity contribution in [2.75, 3.05) is 13.2 Å². The summed E-state index contributed by atoms with van der Waals surface area (Å²) in [7, 11) is 0. The van der Waals surface area contributed by atoms with Crippen molar-refractivity contribution < 1.29 is 19.0 Å². The van der Waals surface area contributed by atoms with Crippen molar-refractivity contribution in [1.29, 1.82) is 0 Å². The Hall–Kier alpha value is -1.97. The van der Waals surface area contributed by atoms with Crippen LogP contribution in [0.5, 0.6) is 11.5 Å². The van der Waals surface area contributed by atoms with E-state index < -0.39 is 0 Å². The molecule has 0 amide bonds. The smallest absolute Gasteiger partial charge is 0.331 e. The molecule has 0 aliphatic heterocycles. The Bertz CT molecular complexity index is 559. The second-order valence-corrected chi connectivity index (χ2v) is 6.43. The molecule has 0 radical (unpaired) electrons. The van der Waals surface area contributed by atoms with Crippen molar-refractivity contribution in [2.24, 2.45) is 0 Å². The Morgan fingerprint density at radius 2 is 1.80 bits per heavy atom. The molecular formula is C21H30O4. The topological polar surface area (TPSA) is 44.8 Å². The van der Waals surface area contributed by atoms with Crippen LogP contribution in [0, 0.1) is 0 Å². The Kier molecular flexibility index (Phi) is 8.36. The summed E-state index contributed by atoms with van der Waals surface area (Å²) in [5.74, 6) is 1.26. The molecule has 0 atom stereocenters. The van der Waals surface area contributed by atoms with Gasteiger partial charge in [0.2, 0.25) is 0 Å². The highest BCUT2D eigenvalue weighted by atomic mass is 16.5. The van der Waals surface area contributed by atoms with Gasteiger partial charge in [-0.1, -0.05) is 20.3 Å². The van der Waals surface area contributed by atoms with Crippen molar-refractivity contribution >= 4 is 12.0 Å². The average Bonchev–Trinajstić information content (AvgIpc) is 2.64. The minimum absolute atomic E-state index is 0.0703. The molecule has 4 heteroatoms. The van der Waals surface area contributed by atoms with Gasteiger partial charge in [-0.25, -0.2) is 4.79 Å². The molecule has 2 rings (SSSR count). The van der Waals surface area contributed by atoms with E-state index in [1.807, 2.05) is 18.2 Å². The molecule has 0 aromatic heterocycles. The van der Waals surface area contributed by atoms with Crippen LogP contribution in [0.3, 0.4) is 0 Å². The zero-order valence-electron chi connectivity index (χ0n) is 15.5. The van der Waals surface area contributed by atoms with Gasteiger partial charge < -0.3 is 14.2 Å². The van der Waals surface area contributed by atoms with Gasteiger partial charge in [0.1, 0.15) is 17.6 Å². The van der Waals surface area contributed by atoms with E-state index in [9.17, 15) is 4.79 Å². The first kappa shape index (κ1) is 19.4. The number of ether oxygens (including phenoxy) is 3. The van der Waals surface area contributed by atoms with Gasteiger partial charge in [0.25, 0.3) is 0 Å². The minimum atomic E-state index is -0.284. The summed E-state index contributed by atoms with van der Waals surface area (Å²) in [4.78, 5) is 12.1. The van der Waals surface area contributed by atoms with Crippen molar-refractivity contribution in [1.82, 2.24) is 0 Å². The molecule has 0 spiro atoms. The lowest BCUT2D eigenvalue weighted by molar-refractivity contribution is -0.144. The first-order valence-corrected chi connectivity index (χ1v) is 9.51. The van der Waals surface area contributed by atoms with Crippen LogP contribution in [-0.2, 0) is 9.53 Å². The van der Waals surface area contributed by atoms with E-state index in [0.29, 0.717) is 13.2 Å². The van der Waals surface area contributed by atoms with Gasteiger partial charge in [-0.3, -0.25) is 0 Å². The van der Waals surface area contributed by atoms with E-state index in [1.165, 1.54) is 12.5 Å². The van der Waals surface area contributed by atoms with Crippen LogP contribution in [0.1, 0.15) is 64.4 Å². The highest BCUT2D eigenvalue weighted by Crippen LogP contribution is 2.26. The Morgan fingerprint density at radius 1 is 1.08 bits per heavy atom. The summed E-state index contributed by atoms with van der Waals surface area (Å²) >= 11 is 0. The fraction of sp³-hybridized carbons (Fsp3) is 0.571. The maximum absolute atomic E-state index is 12.1. The quantitative estimate of drug-likeness (QED) is 0.458. The second-order valence-electron chi connectivity index (χ2n) is 6.43. The van der Waals surface area contributed by atoms with Crippen molar-refractivity contribution in [3.8, 4) is 11.5 Å². The summed E-state index contributed by atoms with van der Waals surface area (Å²) in [6.45, 7) is 5.45. The lowest BCUT2D eigenvalue weighted by Crippen LogP contribution is -2.19. The lowest BCUT2D eigenvalue weighted by Gasteiger charge is -2.20. The summed E-state index contributed by atoms with van der Waals surface area (Å²) in [5.41, 5.74) is 0.836. The molecular weight excluding hydrogens is 316 g/mol. The molecule has 1 aliphatic carbocycles. The van der Waals surface area contributed by atoms with Crippen molar-refractivity contribution in [3.63, 3.8) is 0 Å². The number of hydrogen-bond acceptors (Lipinski definition) is 4. The van der Waals surface area contributed by atoms with Crippen LogP contribution < -0.4 is 9.47 Å². The first-order valence-electron chi connectivity index (χ1n) is 9.51. The zero-order chi connectivity index (χ0) is 17.9. The highest BCUT2D eigenvalue weighted by molar-refractivity contribution is 5.87. The molecule has 0 saturated heterocycles. The molecule has 1 aromatic rings. The minimum Gasteiger partial charge on any atom is -0.494 e. The average molecular weight is 346 g/mol. The van der Waals surface area contributed by atoms with Crippen LogP contribution in [-0.4, -0.2) is 25.3 Å². The molecule has 1 aromatic carbocycles. The van der Waals surface area contributed by atoms with E-state index in [0.717, 1.165) is 55.6 Å². The lowest BCUT2D eigenvalue weighted by atomic mass is 9.98. The van der Waals surface area contributed by atoms with Crippen LogP contribution in [0.2, 0.25) is 0 Å². The van der Waals surface area contributed by atoms with Crippen molar-refractivity contribution in [2.45, 2.75) is 64.9 Å². The van der Waals surface area contributed by atoms with Gasteiger partial charge >= 0.3 is 5.97 Å². The maximum atomic E-state index is 12.1. The molecule has 1 aliphatic rings. The predicted octanol–water partition coefficient (Wildman–Crippen LogP) is 5.15. The molecule has 138 valence electrons. The Labute approximate surface area is 151 Å². The van der Waals surface area contributed by atoms with Crippen LogP contribution in [0.15, 0.2) is 24.3 Å². The van der Waals surface area contributed by atoms with Crippen molar-refractivity contribution in [3.05, 3.63) is 29.8 Å². The summed E-state index contributed by atoms with van der Waals surface area (Å²) in [6.07, 6.45) is 10.7. The Balaban J connectivity index is 2.03. The molecule has 1 saturated carbocycles. The molecule has 1 fully saturated rings. The zero-order valence-corrected chi connectivity index (χ0v) is 15.5. The molecule has 4 nitrogen and oxygen atoms in total. The van der Waals surface area contributed by atoms with E-state index in [-0.39, 0.29) is 12.1 Å². The maximum Gasteiger partial charge on any atom is 0.331 e. The third-order valence-corrected chi connectivity index (χ3v) is 4.15. The third-order valence-electron chi connectivity index (χ3n) is 4.15.